The molecule has 2 bridgehead atoms. The maximum atomic E-state index is 13.4. The van der Waals surface area contributed by atoms with E-state index in [2.05, 4.69) is 0 Å². The van der Waals surface area contributed by atoms with E-state index >= 15 is 0 Å². The molecule has 5 N–H and O–H groups in total. The lowest BCUT2D eigenvalue weighted by atomic mass is 9.44. The van der Waals surface area contributed by atoms with Gasteiger partial charge in [-0.1, -0.05) is 39.0 Å². The fourth-order valence-corrected chi connectivity index (χ4v) is 8.29. The van der Waals surface area contributed by atoms with Crippen molar-refractivity contribution in [2.24, 2.45) is 16.7 Å². The van der Waals surface area contributed by atoms with Gasteiger partial charge in [-0.2, -0.15) is 0 Å². The smallest absolute Gasteiger partial charge is 0.338 e. The van der Waals surface area contributed by atoms with Crippen LogP contribution in [0.3, 0.4) is 0 Å². The van der Waals surface area contributed by atoms with Gasteiger partial charge in [0.25, 0.3) is 0 Å². The predicted octanol–water partition coefficient (Wildman–Crippen LogP) is 0.415. The summed E-state index contributed by atoms with van der Waals surface area (Å²) in [4.78, 5) is 38.3. The second kappa shape index (κ2) is 10.4. The largest absolute Gasteiger partial charge is 0.455 e. The molecule has 1 heterocycles. The minimum atomic E-state index is -2.56. The number of rotatable bonds is 4. The highest BCUT2D eigenvalue weighted by molar-refractivity contribution is 5.89. The minimum Gasteiger partial charge on any atom is -0.455 e. The molecule has 12 heteroatoms. The van der Waals surface area contributed by atoms with Crippen LogP contribution in [0.4, 0.5) is 0 Å². The fourth-order valence-electron chi connectivity index (χ4n) is 8.29. The van der Waals surface area contributed by atoms with E-state index < -0.39 is 88.6 Å². The summed E-state index contributed by atoms with van der Waals surface area (Å²) in [6.45, 7) is 8.05. The van der Waals surface area contributed by atoms with Crippen LogP contribution in [0.5, 0.6) is 0 Å². The van der Waals surface area contributed by atoms with Crippen LogP contribution in [0, 0.1) is 16.7 Å². The lowest BCUT2D eigenvalue weighted by Gasteiger charge is -2.69. The highest BCUT2D eigenvalue weighted by Crippen LogP contribution is 2.64. The van der Waals surface area contributed by atoms with Crippen LogP contribution in [0.25, 0.3) is 0 Å². The van der Waals surface area contributed by atoms with Gasteiger partial charge in [-0.25, -0.2) is 4.79 Å². The molecule has 5 rings (SSSR count). The maximum Gasteiger partial charge on any atom is 0.338 e. The Morgan fingerprint density at radius 1 is 0.930 bits per heavy atom. The molecule has 0 spiro atoms. The Morgan fingerprint density at radius 2 is 1.56 bits per heavy atom. The van der Waals surface area contributed by atoms with Gasteiger partial charge in [-0.3, -0.25) is 9.59 Å². The molecule has 0 radical (unpaired) electrons. The topological polar surface area (TPSA) is 189 Å². The molecule has 236 valence electrons. The number of benzene rings is 1. The van der Waals surface area contributed by atoms with Gasteiger partial charge in [0.2, 0.25) is 0 Å². The number of aliphatic hydroxyl groups excluding tert-OH is 4. The molecule has 1 aliphatic heterocycles. The Kier molecular flexibility index (Phi) is 7.60. The van der Waals surface area contributed by atoms with Crippen LogP contribution in [0.2, 0.25) is 0 Å². The monoisotopic (exact) mass is 604 g/mol. The van der Waals surface area contributed by atoms with Crippen molar-refractivity contribution in [2.45, 2.75) is 102 Å². The van der Waals surface area contributed by atoms with Crippen molar-refractivity contribution in [3.63, 3.8) is 0 Å². The fraction of sp³-hybridized carbons (Fsp3) is 0.645. The molecule has 3 fully saturated rings. The zero-order valence-electron chi connectivity index (χ0n) is 25.0. The number of hydrogen-bond acceptors (Lipinski definition) is 12. The van der Waals surface area contributed by atoms with Crippen molar-refractivity contribution in [2.75, 3.05) is 6.61 Å². The van der Waals surface area contributed by atoms with E-state index in [1.54, 1.807) is 18.2 Å². The lowest BCUT2D eigenvalue weighted by Crippen LogP contribution is -2.83. The molecule has 0 amide bonds. The summed E-state index contributed by atoms with van der Waals surface area (Å²) in [5.41, 5.74) is -7.28. The molecule has 11 atom stereocenters. The summed E-state index contributed by atoms with van der Waals surface area (Å²) in [6.07, 6.45) is -11.2. The van der Waals surface area contributed by atoms with Gasteiger partial charge in [-0.15, -0.1) is 0 Å². The standard InChI is InChI=1S/C31H40O12/c1-14-20-22(41-15(2)32)24(36)29(6)18(34)12-19-30(13-40-19,43-16(3)33)23(29)25(37)31(39,28(20,4)5)26(21(14)35)42-27(38)17-10-8-7-9-11-17/h7-11,18-19,21-26,34-37,39H,12-13H2,1-6H3/t18-,19+,21+,22+,23-,24-,25-,26-,29+,30-,31-/m0/s1. The maximum absolute atomic E-state index is 13.4. The summed E-state index contributed by atoms with van der Waals surface area (Å²) in [7, 11) is 0. The van der Waals surface area contributed by atoms with E-state index in [-0.39, 0.29) is 29.7 Å². The minimum absolute atomic E-state index is 0.0941. The van der Waals surface area contributed by atoms with Crippen LogP contribution in [-0.4, -0.2) is 104 Å². The van der Waals surface area contributed by atoms with Gasteiger partial charge < -0.3 is 44.5 Å². The third-order valence-electron chi connectivity index (χ3n) is 10.5. The first kappa shape index (κ1) is 31.6. The van der Waals surface area contributed by atoms with Crippen molar-refractivity contribution < 1.29 is 58.9 Å². The number of aliphatic hydroxyl groups is 5. The Balaban J connectivity index is 1.80. The van der Waals surface area contributed by atoms with Gasteiger partial charge in [0.1, 0.15) is 23.9 Å². The summed E-state index contributed by atoms with van der Waals surface area (Å²) in [5, 5.41) is 60.8. The number of hydrogen-bond donors (Lipinski definition) is 5. The molecule has 4 aliphatic rings. The number of carbonyl (C=O) groups excluding carboxylic acids is 3. The second-order valence-electron chi connectivity index (χ2n) is 13.0. The van der Waals surface area contributed by atoms with Crippen LogP contribution < -0.4 is 0 Å². The molecule has 12 nitrogen and oxygen atoms in total. The van der Waals surface area contributed by atoms with E-state index in [0.717, 1.165) is 13.8 Å². The number of ether oxygens (including phenoxy) is 4. The van der Waals surface area contributed by atoms with Crippen molar-refractivity contribution in [3.05, 3.63) is 47.0 Å². The zero-order valence-corrected chi connectivity index (χ0v) is 25.0. The summed E-state index contributed by atoms with van der Waals surface area (Å²) >= 11 is 0. The number of carbonyl (C=O) groups is 3. The van der Waals surface area contributed by atoms with Gasteiger partial charge in [0, 0.05) is 37.0 Å². The highest BCUT2D eigenvalue weighted by Gasteiger charge is 2.78. The molecule has 0 aromatic heterocycles. The van der Waals surface area contributed by atoms with Crippen molar-refractivity contribution in [1.29, 1.82) is 0 Å². The number of esters is 3. The van der Waals surface area contributed by atoms with E-state index in [0.29, 0.717) is 0 Å². The first-order valence-corrected chi connectivity index (χ1v) is 14.4. The van der Waals surface area contributed by atoms with Gasteiger partial charge in [0.15, 0.2) is 17.8 Å². The van der Waals surface area contributed by atoms with E-state index in [9.17, 15) is 39.9 Å². The van der Waals surface area contributed by atoms with Crippen LogP contribution in [0.15, 0.2) is 41.5 Å². The molecular formula is C31H40O12. The Labute approximate surface area is 249 Å². The van der Waals surface area contributed by atoms with Crippen molar-refractivity contribution >= 4 is 17.9 Å². The Hall–Kier alpha value is -2.87. The van der Waals surface area contributed by atoms with E-state index in [1.165, 1.54) is 39.8 Å². The third-order valence-corrected chi connectivity index (χ3v) is 10.5. The summed E-state index contributed by atoms with van der Waals surface area (Å²) in [6, 6.07) is 7.90. The summed E-state index contributed by atoms with van der Waals surface area (Å²) < 4.78 is 23.0. The SMILES string of the molecule is CC(=O)O[C@@H]1C2=C(C)[C@@H](O)[C@H](OC(=O)c3ccccc3)[C@@](O)([C@@H](O)[C@@H]3[C@]4(OC(C)=O)CO[C@@H]4C[C@H](O)[C@@]3(C)[C@H]1O)C2(C)C. The molecule has 3 aliphatic carbocycles. The average molecular weight is 605 g/mol. The lowest BCUT2D eigenvalue weighted by molar-refractivity contribution is -0.371. The first-order chi connectivity index (χ1) is 20.0. The molecule has 43 heavy (non-hydrogen) atoms. The van der Waals surface area contributed by atoms with Crippen molar-refractivity contribution in [3.8, 4) is 0 Å². The molecule has 1 saturated heterocycles. The Bertz CT molecular complexity index is 1340. The normalized spacial score (nSPS) is 43.1. The predicted molar refractivity (Wildman–Crippen MR) is 147 cm³/mol. The molecule has 1 aromatic carbocycles. The van der Waals surface area contributed by atoms with Crippen LogP contribution in [-0.2, 0) is 28.5 Å². The highest BCUT2D eigenvalue weighted by atomic mass is 16.6. The molecular weight excluding hydrogens is 564 g/mol. The quantitative estimate of drug-likeness (QED) is 0.181. The zero-order chi connectivity index (χ0) is 31.9. The molecule has 2 saturated carbocycles. The van der Waals surface area contributed by atoms with E-state index in [1.807, 2.05) is 0 Å². The Morgan fingerprint density at radius 3 is 2.09 bits per heavy atom. The summed E-state index contributed by atoms with van der Waals surface area (Å²) in [5.74, 6) is -3.87. The van der Waals surface area contributed by atoms with Crippen molar-refractivity contribution in [1.82, 2.24) is 0 Å². The van der Waals surface area contributed by atoms with Gasteiger partial charge in [0.05, 0.1) is 24.4 Å². The van der Waals surface area contributed by atoms with Gasteiger partial charge in [-0.05, 0) is 30.2 Å². The third kappa shape index (κ3) is 4.22. The second-order valence-corrected chi connectivity index (χ2v) is 13.0. The average Bonchev–Trinajstić information content (AvgIpc) is 2.93. The van der Waals surface area contributed by atoms with Crippen LogP contribution in [0.1, 0.15) is 58.3 Å². The first-order valence-electron chi connectivity index (χ1n) is 14.4. The van der Waals surface area contributed by atoms with Crippen LogP contribution >= 0.6 is 0 Å². The van der Waals surface area contributed by atoms with E-state index in [4.69, 9.17) is 18.9 Å². The molecule has 1 aromatic rings. The molecule has 0 unspecified atom stereocenters. The number of fused-ring (bicyclic) bond motifs is 5. The van der Waals surface area contributed by atoms with Gasteiger partial charge >= 0.3 is 17.9 Å².